The lowest BCUT2D eigenvalue weighted by Gasteiger charge is -2.35. The minimum atomic E-state index is 0.00854. The van der Waals surface area contributed by atoms with Crippen molar-refractivity contribution in [2.24, 2.45) is 5.92 Å². The van der Waals surface area contributed by atoms with E-state index in [1.54, 1.807) is 0 Å². The Balaban J connectivity index is 1.78. The van der Waals surface area contributed by atoms with Crippen LogP contribution < -0.4 is 10.6 Å². The van der Waals surface area contributed by atoms with Gasteiger partial charge in [-0.15, -0.1) is 0 Å². The zero-order chi connectivity index (χ0) is 14.5. The Morgan fingerprint density at radius 1 is 1.50 bits per heavy atom. The number of anilines is 1. The molecule has 5 heteroatoms. The lowest BCUT2D eigenvalue weighted by Crippen LogP contribution is -2.48. The van der Waals surface area contributed by atoms with Gasteiger partial charge in [-0.3, -0.25) is 4.79 Å². The van der Waals surface area contributed by atoms with E-state index < -0.39 is 0 Å². The van der Waals surface area contributed by atoms with E-state index in [4.69, 9.17) is 0 Å². The van der Waals surface area contributed by atoms with Crippen molar-refractivity contribution in [1.82, 2.24) is 10.2 Å². The van der Waals surface area contributed by atoms with Gasteiger partial charge in [-0.1, -0.05) is 28.9 Å². The third-order valence-electron chi connectivity index (χ3n) is 3.74. The van der Waals surface area contributed by atoms with Crippen LogP contribution in [0.3, 0.4) is 0 Å². The maximum atomic E-state index is 11.9. The van der Waals surface area contributed by atoms with Crippen molar-refractivity contribution in [3.05, 3.63) is 28.7 Å². The van der Waals surface area contributed by atoms with E-state index in [0.717, 1.165) is 29.7 Å². The number of hydrogen-bond acceptors (Lipinski definition) is 3. The average molecular weight is 340 g/mol. The fraction of sp³-hybridized carbons (Fsp3) is 0.533. The number of likely N-dealkylation sites (tertiary alicyclic amines) is 1. The molecule has 20 heavy (non-hydrogen) atoms. The maximum absolute atomic E-state index is 11.9. The van der Waals surface area contributed by atoms with Crippen LogP contribution in [-0.2, 0) is 4.79 Å². The third-order valence-corrected chi connectivity index (χ3v) is 4.23. The van der Waals surface area contributed by atoms with E-state index in [-0.39, 0.29) is 5.91 Å². The van der Waals surface area contributed by atoms with Crippen LogP contribution in [0.1, 0.15) is 13.3 Å². The van der Waals surface area contributed by atoms with Crippen LogP contribution >= 0.6 is 15.9 Å². The first-order chi connectivity index (χ1) is 9.54. The fourth-order valence-electron chi connectivity index (χ4n) is 2.65. The highest BCUT2D eigenvalue weighted by atomic mass is 79.9. The van der Waals surface area contributed by atoms with Crippen molar-refractivity contribution >= 4 is 27.5 Å². The number of hydrogen-bond donors (Lipinski definition) is 2. The van der Waals surface area contributed by atoms with Gasteiger partial charge in [0.15, 0.2) is 0 Å². The molecule has 4 nitrogen and oxygen atoms in total. The molecule has 1 saturated heterocycles. The highest BCUT2D eigenvalue weighted by Crippen LogP contribution is 2.16. The number of piperidine rings is 1. The van der Waals surface area contributed by atoms with E-state index >= 15 is 0 Å². The Bertz CT molecular complexity index is 466. The van der Waals surface area contributed by atoms with Gasteiger partial charge in [-0.25, -0.2) is 0 Å². The first-order valence-electron chi connectivity index (χ1n) is 7.02. The van der Waals surface area contributed by atoms with Gasteiger partial charge in [-0.05, 0) is 44.1 Å². The molecule has 1 aromatic carbocycles. The predicted octanol–water partition coefficient (Wildman–Crippen LogP) is 2.32. The van der Waals surface area contributed by atoms with Crippen molar-refractivity contribution in [3.63, 3.8) is 0 Å². The molecule has 0 aliphatic carbocycles. The smallest absolute Gasteiger partial charge is 0.238 e. The van der Waals surface area contributed by atoms with E-state index in [2.05, 4.69) is 45.4 Å². The van der Waals surface area contributed by atoms with Gasteiger partial charge in [0.1, 0.15) is 0 Å². The molecule has 0 spiro atoms. The maximum Gasteiger partial charge on any atom is 0.238 e. The van der Waals surface area contributed by atoms with Gasteiger partial charge in [0.05, 0.1) is 6.54 Å². The molecule has 1 amide bonds. The second-order valence-electron chi connectivity index (χ2n) is 5.57. The molecule has 0 aromatic heterocycles. The topological polar surface area (TPSA) is 44.4 Å². The van der Waals surface area contributed by atoms with Crippen molar-refractivity contribution < 1.29 is 4.79 Å². The van der Waals surface area contributed by atoms with E-state index in [1.807, 2.05) is 24.3 Å². The van der Waals surface area contributed by atoms with Crippen molar-refractivity contribution in [3.8, 4) is 0 Å². The first kappa shape index (κ1) is 15.5. The molecule has 2 N–H and O–H groups in total. The van der Waals surface area contributed by atoms with Crippen LogP contribution in [0.15, 0.2) is 28.7 Å². The predicted molar refractivity (Wildman–Crippen MR) is 85.8 cm³/mol. The van der Waals surface area contributed by atoms with E-state index in [1.165, 1.54) is 0 Å². The van der Waals surface area contributed by atoms with Crippen LogP contribution in [0.5, 0.6) is 0 Å². The van der Waals surface area contributed by atoms with Gasteiger partial charge >= 0.3 is 0 Å². The first-order valence-corrected chi connectivity index (χ1v) is 7.81. The van der Waals surface area contributed by atoms with Crippen LogP contribution in [0, 0.1) is 5.92 Å². The Morgan fingerprint density at radius 2 is 2.30 bits per heavy atom. The number of rotatable bonds is 4. The van der Waals surface area contributed by atoms with Crippen LogP contribution in [-0.4, -0.2) is 43.5 Å². The molecular formula is C15H22BrN3O. The van der Waals surface area contributed by atoms with Crippen LogP contribution in [0.4, 0.5) is 5.69 Å². The number of carbonyl (C=O) groups excluding carboxylic acids is 1. The minimum Gasteiger partial charge on any atom is -0.325 e. The normalized spacial score (nSPS) is 23.6. The number of halogens is 1. The number of benzene rings is 1. The second-order valence-corrected chi connectivity index (χ2v) is 6.49. The zero-order valence-electron chi connectivity index (χ0n) is 12.0. The summed E-state index contributed by atoms with van der Waals surface area (Å²) in [7, 11) is 2.15. The summed E-state index contributed by atoms with van der Waals surface area (Å²) in [4.78, 5) is 14.3. The molecular weight excluding hydrogens is 318 g/mol. The zero-order valence-corrected chi connectivity index (χ0v) is 13.6. The Labute approximate surface area is 129 Å². The van der Waals surface area contributed by atoms with Crippen LogP contribution in [0.2, 0.25) is 0 Å². The Kier molecular flexibility index (Phi) is 5.57. The highest BCUT2D eigenvalue weighted by Gasteiger charge is 2.23. The minimum absolute atomic E-state index is 0.00854. The summed E-state index contributed by atoms with van der Waals surface area (Å²) in [6.07, 6.45) is 1.10. The molecule has 1 aliphatic rings. The average Bonchev–Trinajstić information content (AvgIpc) is 2.37. The van der Waals surface area contributed by atoms with Crippen LogP contribution in [0.25, 0.3) is 0 Å². The van der Waals surface area contributed by atoms with E-state index in [9.17, 15) is 4.79 Å². The van der Waals surface area contributed by atoms with Gasteiger partial charge in [0.2, 0.25) is 5.91 Å². The number of nitrogens with one attached hydrogen (secondary N) is 2. The largest absolute Gasteiger partial charge is 0.325 e. The summed E-state index contributed by atoms with van der Waals surface area (Å²) < 4.78 is 0.965. The van der Waals surface area contributed by atoms with Gasteiger partial charge in [0.25, 0.3) is 0 Å². The monoisotopic (exact) mass is 339 g/mol. The second kappa shape index (κ2) is 7.20. The SMILES string of the molecule is CC1CN(C)CCC1NCC(=O)Nc1cccc(Br)c1. The molecule has 1 aromatic rings. The Morgan fingerprint density at radius 3 is 3.00 bits per heavy atom. The molecule has 1 heterocycles. The summed E-state index contributed by atoms with van der Waals surface area (Å²) >= 11 is 3.40. The number of nitrogens with zero attached hydrogens (tertiary/aromatic N) is 1. The highest BCUT2D eigenvalue weighted by molar-refractivity contribution is 9.10. The third kappa shape index (κ3) is 4.58. The molecule has 0 saturated carbocycles. The molecule has 0 bridgehead atoms. The van der Waals surface area contributed by atoms with E-state index in [0.29, 0.717) is 18.5 Å². The summed E-state index contributed by atoms with van der Waals surface area (Å²) in [6, 6.07) is 8.07. The molecule has 2 atom stereocenters. The quantitative estimate of drug-likeness (QED) is 0.884. The van der Waals surface area contributed by atoms with Gasteiger partial charge in [-0.2, -0.15) is 0 Å². The van der Waals surface area contributed by atoms with Crippen molar-refractivity contribution in [2.75, 3.05) is 32.0 Å². The van der Waals surface area contributed by atoms with Gasteiger partial charge in [0, 0.05) is 22.7 Å². The summed E-state index contributed by atoms with van der Waals surface area (Å²) in [5, 5.41) is 6.28. The number of amides is 1. The van der Waals surface area contributed by atoms with Gasteiger partial charge < -0.3 is 15.5 Å². The molecule has 0 radical (unpaired) electrons. The standard InChI is InChI=1S/C15H22BrN3O/c1-11-10-19(2)7-6-14(11)17-9-15(20)18-13-5-3-4-12(16)8-13/h3-5,8,11,14,17H,6-7,9-10H2,1-2H3,(H,18,20). The molecule has 110 valence electrons. The molecule has 1 fully saturated rings. The van der Waals surface area contributed by atoms with Crippen molar-refractivity contribution in [1.29, 1.82) is 0 Å². The fourth-order valence-corrected chi connectivity index (χ4v) is 3.05. The molecule has 2 rings (SSSR count). The molecule has 2 unspecified atom stereocenters. The summed E-state index contributed by atoms with van der Waals surface area (Å²) in [5.41, 5.74) is 0.822. The lowest BCUT2D eigenvalue weighted by atomic mass is 9.94. The van der Waals surface area contributed by atoms with Crippen molar-refractivity contribution in [2.45, 2.75) is 19.4 Å². The number of carbonyl (C=O) groups is 1. The summed E-state index contributed by atoms with van der Waals surface area (Å²) in [5.74, 6) is 0.585. The lowest BCUT2D eigenvalue weighted by molar-refractivity contribution is -0.115. The summed E-state index contributed by atoms with van der Waals surface area (Å²) in [6.45, 7) is 4.78. The molecule has 1 aliphatic heterocycles. The Hall–Kier alpha value is -0.910.